The topological polar surface area (TPSA) is 55.4 Å². The summed E-state index contributed by atoms with van der Waals surface area (Å²) in [6.07, 6.45) is 0.614. The highest BCUT2D eigenvalue weighted by Crippen LogP contribution is 2.10. The summed E-state index contributed by atoms with van der Waals surface area (Å²) in [6.45, 7) is 3.12. The van der Waals surface area contributed by atoms with Crippen LogP contribution in [0.15, 0.2) is 24.3 Å². The van der Waals surface area contributed by atoms with Gasteiger partial charge in [-0.25, -0.2) is 4.79 Å². The zero-order valence-corrected chi connectivity index (χ0v) is 8.45. The molecule has 0 unspecified atom stereocenters. The second-order valence-electron chi connectivity index (χ2n) is 3.06. The second-order valence-corrected chi connectivity index (χ2v) is 3.06. The maximum Gasteiger partial charge on any atom is 0.417 e. The van der Waals surface area contributed by atoms with Crippen molar-refractivity contribution in [3.8, 4) is 0 Å². The number of rotatable bonds is 5. The molecular formula is C11H12NO3. The van der Waals surface area contributed by atoms with Crippen LogP contribution in [0.25, 0.3) is 0 Å². The number of hydrogen-bond donors (Lipinski definition) is 1. The zero-order chi connectivity index (χ0) is 11.1. The highest BCUT2D eigenvalue weighted by Gasteiger charge is 1.98. The van der Waals surface area contributed by atoms with E-state index in [4.69, 9.17) is 0 Å². The highest BCUT2D eigenvalue weighted by atomic mass is 16.5. The Hall–Kier alpha value is -1.84. The predicted molar refractivity (Wildman–Crippen MR) is 56.1 cm³/mol. The molecule has 0 aliphatic carbocycles. The molecule has 0 saturated heterocycles. The van der Waals surface area contributed by atoms with Crippen LogP contribution in [-0.4, -0.2) is 19.0 Å². The minimum Gasteiger partial charge on any atom is -0.457 e. The molecule has 1 aromatic carbocycles. The van der Waals surface area contributed by atoms with Gasteiger partial charge >= 0.3 is 6.47 Å². The molecule has 1 N–H and O–H groups in total. The van der Waals surface area contributed by atoms with Gasteiger partial charge in [0.15, 0.2) is 0 Å². The van der Waals surface area contributed by atoms with Crippen LogP contribution < -0.4 is 5.32 Å². The van der Waals surface area contributed by atoms with Gasteiger partial charge in [-0.05, 0) is 17.7 Å². The first-order valence-electron chi connectivity index (χ1n) is 4.58. The Morgan fingerprint density at radius 2 is 2.33 bits per heavy atom. The van der Waals surface area contributed by atoms with E-state index in [1.807, 2.05) is 18.2 Å². The normalized spacial score (nSPS) is 9.40. The molecule has 1 rings (SSSR count). The lowest BCUT2D eigenvalue weighted by Crippen LogP contribution is -2.06. The van der Waals surface area contributed by atoms with Gasteiger partial charge in [0.1, 0.15) is 0 Å². The molecule has 0 saturated carbocycles. The smallest absolute Gasteiger partial charge is 0.417 e. The summed E-state index contributed by atoms with van der Waals surface area (Å²) in [5.41, 5.74) is 1.74. The van der Waals surface area contributed by atoms with Crippen LogP contribution in [0.1, 0.15) is 12.5 Å². The van der Waals surface area contributed by atoms with E-state index < -0.39 is 0 Å². The zero-order valence-electron chi connectivity index (χ0n) is 8.45. The summed E-state index contributed by atoms with van der Waals surface area (Å²) >= 11 is 0. The van der Waals surface area contributed by atoms with Crippen molar-refractivity contribution in [3.05, 3.63) is 29.8 Å². The van der Waals surface area contributed by atoms with Crippen molar-refractivity contribution in [2.24, 2.45) is 0 Å². The van der Waals surface area contributed by atoms with Gasteiger partial charge in [-0.15, -0.1) is 0 Å². The molecule has 0 aliphatic heterocycles. The summed E-state index contributed by atoms with van der Waals surface area (Å²) in [5.74, 6) is -0.107. The average Bonchev–Trinajstić information content (AvgIpc) is 2.18. The molecule has 0 spiro atoms. The quantitative estimate of drug-likeness (QED) is 0.738. The van der Waals surface area contributed by atoms with Crippen molar-refractivity contribution in [1.82, 2.24) is 0 Å². The van der Waals surface area contributed by atoms with Gasteiger partial charge in [-0.2, -0.15) is 0 Å². The number of anilines is 1. The minimum absolute atomic E-state index is 0.107. The fourth-order valence-corrected chi connectivity index (χ4v) is 1.22. The van der Waals surface area contributed by atoms with Gasteiger partial charge in [0.2, 0.25) is 5.91 Å². The van der Waals surface area contributed by atoms with Gasteiger partial charge in [-0.1, -0.05) is 12.1 Å². The van der Waals surface area contributed by atoms with E-state index in [1.54, 1.807) is 6.07 Å². The summed E-state index contributed by atoms with van der Waals surface area (Å²) < 4.78 is 4.47. The van der Waals surface area contributed by atoms with Crippen LogP contribution in [0.3, 0.4) is 0 Å². The summed E-state index contributed by atoms with van der Waals surface area (Å²) in [4.78, 5) is 20.6. The third-order valence-electron chi connectivity index (χ3n) is 1.80. The van der Waals surface area contributed by atoms with E-state index in [2.05, 4.69) is 10.1 Å². The van der Waals surface area contributed by atoms with Crippen LogP contribution in [-0.2, 0) is 20.7 Å². The number of amides is 1. The predicted octanol–water partition coefficient (Wildman–Crippen LogP) is 1.27. The van der Waals surface area contributed by atoms with E-state index in [0.29, 0.717) is 13.0 Å². The lowest BCUT2D eigenvalue weighted by Gasteiger charge is -2.04. The fourth-order valence-electron chi connectivity index (χ4n) is 1.22. The van der Waals surface area contributed by atoms with Crippen molar-refractivity contribution in [3.63, 3.8) is 0 Å². The third kappa shape index (κ3) is 4.26. The average molecular weight is 206 g/mol. The van der Waals surface area contributed by atoms with E-state index in [1.165, 1.54) is 13.4 Å². The highest BCUT2D eigenvalue weighted by molar-refractivity contribution is 5.88. The number of carbonyl (C=O) groups excluding carboxylic acids is 2. The van der Waals surface area contributed by atoms with Crippen molar-refractivity contribution in [2.45, 2.75) is 13.3 Å². The summed E-state index contributed by atoms with van der Waals surface area (Å²) in [5, 5.41) is 2.68. The van der Waals surface area contributed by atoms with Crippen LogP contribution in [0.5, 0.6) is 0 Å². The molecule has 79 valence electrons. The van der Waals surface area contributed by atoms with Crippen LogP contribution >= 0.6 is 0 Å². The maximum absolute atomic E-state index is 10.8. The van der Waals surface area contributed by atoms with Crippen LogP contribution in [0.2, 0.25) is 0 Å². The largest absolute Gasteiger partial charge is 0.457 e. The van der Waals surface area contributed by atoms with Crippen LogP contribution in [0, 0.1) is 0 Å². The molecule has 4 nitrogen and oxygen atoms in total. The Kier molecular flexibility index (Phi) is 4.34. The van der Waals surface area contributed by atoms with Gasteiger partial charge < -0.3 is 10.1 Å². The Balaban J connectivity index is 2.57. The van der Waals surface area contributed by atoms with Crippen molar-refractivity contribution < 1.29 is 14.3 Å². The molecule has 1 amide bonds. The molecule has 0 atom stereocenters. The minimum atomic E-state index is -0.107. The monoisotopic (exact) mass is 206 g/mol. The van der Waals surface area contributed by atoms with Gasteiger partial charge in [0, 0.05) is 19.0 Å². The number of nitrogens with one attached hydrogen (secondary N) is 1. The van der Waals surface area contributed by atoms with Gasteiger partial charge in [-0.3, -0.25) is 4.79 Å². The van der Waals surface area contributed by atoms with Crippen molar-refractivity contribution >= 4 is 18.1 Å². The maximum atomic E-state index is 10.8. The lowest BCUT2D eigenvalue weighted by atomic mass is 10.1. The van der Waals surface area contributed by atoms with Gasteiger partial charge in [0.05, 0.1) is 6.61 Å². The van der Waals surface area contributed by atoms with Crippen LogP contribution in [0.4, 0.5) is 5.69 Å². The first-order valence-corrected chi connectivity index (χ1v) is 4.58. The summed E-state index contributed by atoms with van der Waals surface area (Å²) in [6, 6.07) is 7.39. The molecule has 0 fully saturated rings. The number of hydrogen-bond acceptors (Lipinski definition) is 3. The van der Waals surface area contributed by atoms with Crippen molar-refractivity contribution in [1.29, 1.82) is 0 Å². The molecule has 1 aromatic rings. The van der Waals surface area contributed by atoms with E-state index in [-0.39, 0.29) is 5.91 Å². The number of carbonyl (C=O) groups is 1. The fraction of sp³-hybridized carbons (Fsp3) is 0.273. The molecule has 0 heterocycles. The van der Waals surface area contributed by atoms with E-state index in [0.717, 1.165) is 11.3 Å². The number of ether oxygens (including phenoxy) is 1. The Morgan fingerprint density at radius 3 is 3.00 bits per heavy atom. The summed E-state index contributed by atoms with van der Waals surface area (Å²) in [7, 11) is 0. The first kappa shape index (κ1) is 11.2. The van der Waals surface area contributed by atoms with Crippen molar-refractivity contribution in [2.75, 3.05) is 11.9 Å². The lowest BCUT2D eigenvalue weighted by molar-refractivity contribution is -0.114. The second kappa shape index (κ2) is 5.80. The van der Waals surface area contributed by atoms with Gasteiger partial charge in [0.25, 0.3) is 0 Å². The van der Waals surface area contributed by atoms with E-state index in [9.17, 15) is 9.59 Å². The molecule has 0 bridgehead atoms. The number of benzene rings is 1. The molecule has 0 aromatic heterocycles. The molecule has 0 aliphatic rings. The Morgan fingerprint density at radius 1 is 1.53 bits per heavy atom. The standard InChI is InChI=1S/C11H12NO3/c1-9(14)12-11-4-2-3-10(7-11)5-6-15-8-13/h2-4,7H,5-6H2,1H3,(H,12,14). The molecule has 15 heavy (non-hydrogen) atoms. The third-order valence-corrected chi connectivity index (χ3v) is 1.80. The Bertz CT molecular complexity index is 349. The Labute approximate surface area is 88.2 Å². The first-order chi connectivity index (χ1) is 7.22. The molecule has 1 radical (unpaired) electrons. The molecule has 4 heteroatoms. The van der Waals surface area contributed by atoms with E-state index >= 15 is 0 Å². The molecular weight excluding hydrogens is 194 g/mol. The SMILES string of the molecule is CC(=O)Nc1cccc(CCO[C]=O)c1.